The number of amides is 3. The first kappa shape index (κ1) is 31.2. The molecule has 0 aliphatic carbocycles. The average molecular weight is 605 g/mol. The molecule has 1 aliphatic rings. The number of para-hydroxylation sites is 1. The van der Waals surface area contributed by atoms with Crippen LogP contribution in [-0.2, 0) is 21.7 Å². The zero-order valence-electron chi connectivity index (χ0n) is 25.0. The molecule has 230 valence electrons. The van der Waals surface area contributed by atoms with Gasteiger partial charge in [-0.25, -0.2) is 0 Å². The van der Waals surface area contributed by atoms with E-state index >= 15 is 0 Å². The van der Waals surface area contributed by atoms with E-state index < -0.39 is 17.4 Å². The van der Waals surface area contributed by atoms with Crippen molar-refractivity contribution in [2.75, 3.05) is 29.1 Å². The van der Waals surface area contributed by atoms with E-state index in [1.54, 1.807) is 78.6 Å². The molecule has 9 nitrogen and oxygen atoms in total. The smallest absolute Gasteiger partial charge is 0.268 e. The number of benzene rings is 4. The third-order valence-electron chi connectivity index (χ3n) is 7.94. The Balaban J connectivity index is 1.41. The second kappa shape index (κ2) is 13.6. The predicted molar refractivity (Wildman–Crippen MR) is 175 cm³/mol. The number of hydrogen-bond donors (Lipinski definition) is 4. The van der Waals surface area contributed by atoms with Crippen molar-refractivity contribution in [3.63, 3.8) is 0 Å². The van der Waals surface area contributed by atoms with Crippen LogP contribution >= 0.6 is 0 Å². The summed E-state index contributed by atoms with van der Waals surface area (Å²) in [7, 11) is 0. The summed E-state index contributed by atoms with van der Waals surface area (Å²) in [4.78, 5) is 43.1. The standard InChI is InChI=1S/C36H36N4O5/c1-25(9-8-14-33(42)39(21-22-41)24-26-10-4-2-5-11-26)36(45)31-23-29(38-34(43)27-15-17-28(37)18-16-27)19-20-32(31)40(35(36)44)30-12-6-3-7-13-30/h2-13,15-20,23,25,41,45H,14,21-22,24,37H2,1H3,(H,38,43)/b9-8+/t25-,36+/m1/s1. The van der Waals surface area contributed by atoms with Crippen molar-refractivity contribution < 1.29 is 24.6 Å². The monoisotopic (exact) mass is 604 g/mol. The summed E-state index contributed by atoms with van der Waals surface area (Å²) in [6.45, 7) is 2.09. The van der Waals surface area contributed by atoms with Crippen molar-refractivity contribution in [2.24, 2.45) is 5.92 Å². The van der Waals surface area contributed by atoms with E-state index in [0.717, 1.165) is 5.56 Å². The maximum Gasteiger partial charge on any atom is 0.268 e. The van der Waals surface area contributed by atoms with E-state index in [-0.39, 0.29) is 31.4 Å². The van der Waals surface area contributed by atoms with Crippen molar-refractivity contribution in [3.05, 3.63) is 132 Å². The summed E-state index contributed by atoms with van der Waals surface area (Å²) >= 11 is 0. The van der Waals surface area contributed by atoms with Crippen molar-refractivity contribution >= 4 is 40.5 Å². The van der Waals surface area contributed by atoms with Crippen LogP contribution in [0.25, 0.3) is 0 Å². The van der Waals surface area contributed by atoms with Crippen LogP contribution in [0.2, 0.25) is 0 Å². The van der Waals surface area contributed by atoms with Crippen LogP contribution < -0.4 is 16.0 Å². The first-order valence-electron chi connectivity index (χ1n) is 14.7. The lowest BCUT2D eigenvalue weighted by atomic mass is 9.82. The summed E-state index contributed by atoms with van der Waals surface area (Å²) in [6, 6.07) is 30.0. The van der Waals surface area contributed by atoms with Crippen molar-refractivity contribution in [1.29, 1.82) is 0 Å². The second-order valence-electron chi connectivity index (χ2n) is 11.0. The van der Waals surface area contributed by atoms with Gasteiger partial charge in [0.25, 0.3) is 11.8 Å². The quantitative estimate of drug-likeness (QED) is 0.141. The number of hydrogen-bond acceptors (Lipinski definition) is 6. The normalized spacial score (nSPS) is 16.4. The first-order valence-corrected chi connectivity index (χ1v) is 14.7. The minimum atomic E-state index is -1.98. The van der Waals surface area contributed by atoms with Gasteiger partial charge in [-0.05, 0) is 60.2 Å². The van der Waals surface area contributed by atoms with Crippen LogP contribution in [0.3, 0.4) is 0 Å². The summed E-state index contributed by atoms with van der Waals surface area (Å²) in [5, 5.41) is 24.6. The number of aliphatic hydroxyl groups is 2. The number of carbonyl (C=O) groups is 3. The Morgan fingerprint density at radius 2 is 1.64 bits per heavy atom. The maximum absolute atomic E-state index is 14.0. The highest BCUT2D eigenvalue weighted by molar-refractivity contribution is 6.13. The minimum Gasteiger partial charge on any atom is -0.399 e. The Morgan fingerprint density at radius 1 is 0.978 bits per heavy atom. The van der Waals surface area contributed by atoms with Crippen LogP contribution in [0.15, 0.2) is 115 Å². The van der Waals surface area contributed by atoms with E-state index in [0.29, 0.717) is 40.4 Å². The number of nitrogens with two attached hydrogens (primary N) is 1. The van der Waals surface area contributed by atoms with Gasteiger partial charge in [0.1, 0.15) is 0 Å². The molecule has 4 aromatic carbocycles. The van der Waals surface area contributed by atoms with Gasteiger partial charge in [0.15, 0.2) is 5.60 Å². The fraction of sp³-hybridized carbons (Fsp3) is 0.194. The number of nitrogens with zero attached hydrogens (tertiary/aromatic N) is 2. The highest BCUT2D eigenvalue weighted by atomic mass is 16.3. The third-order valence-corrected chi connectivity index (χ3v) is 7.94. The van der Waals surface area contributed by atoms with E-state index in [2.05, 4.69) is 5.32 Å². The van der Waals surface area contributed by atoms with Gasteiger partial charge in [-0.1, -0.05) is 67.6 Å². The fourth-order valence-electron chi connectivity index (χ4n) is 5.48. The molecule has 0 spiro atoms. The van der Waals surface area contributed by atoms with Crippen LogP contribution in [0.5, 0.6) is 0 Å². The molecule has 0 radical (unpaired) electrons. The summed E-state index contributed by atoms with van der Waals surface area (Å²) < 4.78 is 0. The Morgan fingerprint density at radius 3 is 2.31 bits per heavy atom. The van der Waals surface area contributed by atoms with Crippen LogP contribution in [0.4, 0.5) is 22.7 Å². The summed E-state index contributed by atoms with van der Waals surface area (Å²) in [5.74, 6) is -1.84. The van der Waals surface area contributed by atoms with Crippen LogP contribution in [0.1, 0.15) is 34.8 Å². The largest absolute Gasteiger partial charge is 0.399 e. The molecule has 0 aromatic heterocycles. The van der Waals surface area contributed by atoms with Crippen LogP contribution in [-0.4, -0.2) is 46.0 Å². The molecule has 2 atom stereocenters. The maximum atomic E-state index is 14.0. The highest BCUT2D eigenvalue weighted by Gasteiger charge is 2.53. The second-order valence-corrected chi connectivity index (χ2v) is 11.0. The van der Waals surface area contributed by atoms with Gasteiger partial charge in [-0.15, -0.1) is 0 Å². The number of rotatable bonds is 11. The lowest BCUT2D eigenvalue weighted by molar-refractivity contribution is -0.138. The van der Waals surface area contributed by atoms with Crippen molar-refractivity contribution in [3.8, 4) is 0 Å². The van der Waals surface area contributed by atoms with Gasteiger partial charge in [0.2, 0.25) is 5.91 Å². The van der Waals surface area contributed by atoms with Crippen molar-refractivity contribution in [1.82, 2.24) is 4.90 Å². The highest BCUT2D eigenvalue weighted by Crippen LogP contribution is 2.49. The Labute approximate surface area is 262 Å². The lowest BCUT2D eigenvalue weighted by Gasteiger charge is -2.28. The molecule has 9 heteroatoms. The molecule has 0 bridgehead atoms. The number of nitrogen functional groups attached to an aromatic ring is 1. The van der Waals surface area contributed by atoms with E-state index in [1.165, 1.54) is 4.90 Å². The van der Waals surface area contributed by atoms with E-state index in [9.17, 15) is 24.6 Å². The summed E-state index contributed by atoms with van der Waals surface area (Å²) in [5.41, 5.74) is 7.48. The average Bonchev–Trinajstić information content (AvgIpc) is 3.28. The van der Waals surface area contributed by atoms with Gasteiger partial charge < -0.3 is 26.2 Å². The first-order chi connectivity index (χ1) is 21.7. The molecule has 5 N–H and O–H groups in total. The van der Waals surface area contributed by atoms with Gasteiger partial charge in [-0.3, -0.25) is 19.3 Å². The SMILES string of the molecule is C[C@H](/C=C/CC(=O)N(CCO)Cc1ccccc1)[C@@]1(O)C(=O)N(c2ccccc2)c2ccc(NC(=O)c3ccc(N)cc3)cc21. The Bertz CT molecular complexity index is 1690. The van der Waals surface area contributed by atoms with Gasteiger partial charge >= 0.3 is 0 Å². The molecule has 4 aromatic rings. The summed E-state index contributed by atoms with van der Waals surface area (Å²) in [6.07, 6.45) is 3.33. The molecule has 0 unspecified atom stereocenters. The van der Waals surface area contributed by atoms with Crippen molar-refractivity contribution in [2.45, 2.75) is 25.5 Å². The molecule has 1 aliphatic heterocycles. The third kappa shape index (κ3) is 6.64. The minimum absolute atomic E-state index is 0.0222. The van der Waals surface area contributed by atoms with Gasteiger partial charge in [-0.2, -0.15) is 0 Å². The molecule has 3 amide bonds. The zero-order valence-corrected chi connectivity index (χ0v) is 25.0. The lowest BCUT2D eigenvalue weighted by Crippen LogP contribution is -2.42. The molecule has 45 heavy (non-hydrogen) atoms. The molecule has 5 rings (SSSR count). The molecular weight excluding hydrogens is 568 g/mol. The fourth-order valence-corrected chi connectivity index (χ4v) is 5.48. The Hall–Kier alpha value is -5.25. The predicted octanol–water partition coefficient (Wildman–Crippen LogP) is 4.99. The number of anilines is 4. The number of carbonyl (C=O) groups excluding carboxylic acids is 3. The zero-order chi connectivity index (χ0) is 32.0. The van der Waals surface area contributed by atoms with Gasteiger partial charge in [0.05, 0.1) is 12.3 Å². The van der Waals surface area contributed by atoms with E-state index in [4.69, 9.17) is 5.73 Å². The number of nitrogens with one attached hydrogen (secondary N) is 1. The molecule has 0 saturated heterocycles. The van der Waals surface area contributed by atoms with Crippen LogP contribution in [0, 0.1) is 5.92 Å². The molecule has 1 heterocycles. The topological polar surface area (TPSA) is 136 Å². The Kier molecular flexibility index (Phi) is 9.42. The molecule has 0 saturated carbocycles. The molecule has 0 fully saturated rings. The number of aliphatic hydroxyl groups excluding tert-OH is 1. The van der Waals surface area contributed by atoms with Gasteiger partial charge in [0, 0.05) is 53.6 Å². The number of fused-ring (bicyclic) bond motifs is 1. The molecular formula is C36H36N4O5. The van der Waals surface area contributed by atoms with E-state index in [1.807, 2.05) is 48.5 Å².